The molecule has 0 atom stereocenters. The molecule has 0 spiro atoms. The van der Waals surface area contributed by atoms with Gasteiger partial charge in [0.2, 0.25) is 0 Å². The number of aliphatic carboxylic acids is 1. The third kappa shape index (κ3) is 4.23. The second kappa shape index (κ2) is 9.35. The summed E-state index contributed by atoms with van der Waals surface area (Å²) < 4.78 is 2.81. The maximum atomic E-state index is 11.8. The number of carboxylic acid groups (broad SMARTS) is 1. The van der Waals surface area contributed by atoms with Gasteiger partial charge in [0, 0.05) is 40.3 Å². The van der Waals surface area contributed by atoms with Gasteiger partial charge in [-0.3, -0.25) is 14.5 Å². The number of carbonyl (C=O) groups is 1. The Bertz CT molecular complexity index is 1870. The summed E-state index contributed by atoms with van der Waals surface area (Å²) in [6.45, 7) is 3.98. The van der Waals surface area contributed by atoms with E-state index in [2.05, 4.69) is 29.4 Å². The van der Waals surface area contributed by atoms with Crippen LogP contribution in [0.25, 0.3) is 54.1 Å². The third-order valence-electron chi connectivity index (χ3n) is 6.85. The maximum absolute atomic E-state index is 11.8. The Balaban J connectivity index is 1.53. The van der Waals surface area contributed by atoms with Gasteiger partial charge in [-0.15, -0.1) is 11.3 Å². The molecule has 188 valence electrons. The molecule has 0 saturated carbocycles. The first-order valence-corrected chi connectivity index (χ1v) is 13.3. The lowest BCUT2D eigenvalue weighted by Gasteiger charge is -2.13. The zero-order chi connectivity index (χ0) is 26.6. The van der Waals surface area contributed by atoms with Crippen molar-refractivity contribution in [2.24, 2.45) is 7.05 Å². The number of pyridine rings is 1. The highest BCUT2D eigenvalue weighted by Gasteiger charge is 2.20. The summed E-state index contributed by atoms with van der Waals surface area (Å²) >= 11 is 7.73. The molecule has 6 rings (SSSR count). The van der Waals surface area contributed by atoms with Crippen LogP contribution in [0.1, 0.15) is 16.7 Å². The van der Waals surface area contributed by atoms with Crippen molar-refractivity contribution in [1.82, 2.24) is 19.7 Å². The van der Waals surface area contributed by atoms with Gasteiger partial charge in [-0.2, -0.15) is 5.10 Å². The molecule has 0 unspecified atom stereocenters. The molecule has 3 heterocycles. The molecule has 38 heavy (non-hydrogen) atoms. The summed E-state index contributed by atoms with van der Waals surface area (Å²) in [6.07, 6.45) is 3.67. The fourth-order valence-electron chi connectivity index (χ4n) is 4.89. The molecule has 8 heteroatoms. The van der Waals surface area contributed by atoms with Crippen LogP contribution in [0.15, 0.2) is 67.0 Å². The SMILES string of the molecule is Cc1cnc(-c2ccc3c(cnn3C)c2)cc1-c1nc2cc(C)c(CC(=O)O)c(-c3ccc(Cl)cc3)c2s1. The van der Waals surface area contributed by atoms with Gasteiger partial charge in [-0.1, -0.05) is 29.8 Å². The number of aryl methyl sites for hydroxylation is 3. The van der Waals surface area contributed by atoms with Crippen molar-refractivity contribution in [2.75, 3.05) is 0 Å². The first kappa shape index (κ1) is 24.3. The lowest BCUT2D eigenvalue weighted by molar-refractivity contribution is -0.136. The Labute approximate surface area is 228 Å². The predicted octanol–water partition coefficient (Wildman–Crippen LogP) is 7.48. The highest BCUT2D eigenvalue weighted by atomic mass is 35.5. The average Bonchev–Trinajstić information content (AvgIpc) is 3.48. The minimum atomic E-state index is -0.868. The molecule has 0 amide bonds. The number of hydrogen-bond acceptors (Lipinski definition) is 5. The van der Waals surface area contributed by atoms with Crippen LogP contribution < -0.4 is 0 Å². The lowest BCUT2D eigenvalue weighted by atomic mass is 9.93. The Kier molecular flexibility index (Phi) is 5.97. The molecule has 0 aliphatic rings. The van der Waals surface area contributed by atoms with Gasteiger partial charge in [0.05, 0.1) is 34.0 Å². The number of fused-ring (bicyclic) bond motifs is 2. The second-order valence-corrected chi connectivity index (χ2v) is 10.9. The van der Waals surface area contributed by atoms with Crippen molar-refractivity contribution in [3.8, 4) is 33.0 Å². The summed E-state index contributed by atoms with van der Waals surface area (Å²) in [6, 6.07) is 17.8. The fourth-order valence-corrected chi connectivity index (χ4v) is 6.23. The van der Waals surface area contributed by atoms with Gasteiger partial charge < -0.3 is 5.11 Å². The van der Waals surface area contributed by atoms with E-state index in [1.54, 1.807) is 11.3 Å². The van der Waals surface area contributed by atoms with Crippen LogP contribution in [-0.4, -0.2) is 30.8 Å². The van der Waals surface area contributed by atoms with Crippen molar-refractivity contribution in [3.05, 3.63) is 88.7 Å². The molecule has 3 aromatic heterocycles. The molecule has 0 aliphatic carbocycles. The number of benzene rings is 3. The lowest BCUT2D eigenvalue weighted by Crippen LogP contribution is -2.04. The maximum Gasteiger partial charge on any atom is 0.307 e. The summed E-state index contributed by atoms with van der Waals surface area (Å²) in [7, 11) is 1.93. The summed E-state index contributed by atoms with van der Waals surface area (Å²) in [5, 5.41) is 16.6. The van der Waals surface area contributed by atoms with E-state index < -0.39 is 5.97 Å². The summed E-state index contributed by atoms with van der Waals surface area (Å²) in [5.74, 6) is -0.868. The Morgan fingerprint density at radius 3 is 2.53 bits per heavy atom. The van der Waals surface area contributed by atoms with Gasteiger partial charge in [0.25, 0.3) is 0 Å². The van der Waals surface area contributed by atoms with Crippen LogP contribution >= 0.6 is 22.9 Å². The van der Waals surface area contributed by atoms with E-state index in [4.69, 9.17) is 21.6 Å². The molecular formula is C30H23ClN4O2S. The molecule has 0 radical (unpaired) electrons. The van der Waals surface area contributed by atoms with E-state index in [1.165, 1.54) is 0 Å². The summed E-state index contributed by atoms with van der Waals surface area (Å²) in [4.78, 5) is 21.5. The minimum Gasteiger partial charge on any atom is -0.481 e. The highest BCUT2D eigenvalue weighted by Crippen LogP contribution is 2.42. The molecule has 0 saturated heterocycles. The van der Waals surface area contributed by atoms with Crippen molar-refractivity contribution < 1.29 is 9.90 Å². The largest absolute Gasteiger partial charge is 0.481 e. The van der Waals surface area contributed by atoms with Gasteiger partial charge in [-0.25, -0.2) is 4.98 Å². The molecule has 0 aliphatic heterocycles. The second-order valence-electron chi connectivity index (χ2n) is 9.42. The minimum absolute atomic E-state index is 0.0672. The van der Waals surface area contributed by atoms with Crippen LogP contribution in [-0.2, 0) is 18.3 Å². The number of rotatable bonds is 5. The van der Waals surface area contributed by atoms with E-state index in [0.29, 0.717) is 5.02 Å². The van der Waals surface area contributed by atoms with Crippen molar-refractivity contribution in [3.63, 3.8) is 0 Å². The standard InChI is InChI=1S/C30H23ClN4O2S/c1-16-10-25-29(28(22(16)13-27(36)37)18-4-7-21(31)8-5-18)38-30(34-25)23-12-24(32-14-17(23)2)19-6-9-26-20(11-19)15-33-35(26)3/h4-12,14-15H,13H2,1-3H3,(H,36,37). The van der Waals surface area contributed by atoms with E-state index in [0.717, 1.165) is 70.8 Å². The van der Waals surface area contributed by atoms with Crippen LogP contribution in [0.5, 0.6) is 0 Å². The number of carboxylic acids is 1. The van der Waals surface area contributed by atoms with Crippen molar-refractivity contribution in [2.45, 2.75) is 20.3 Å². The fraction of sp³-hybridized carbons (Fsp3) is 0.133. The number of hydrogen-bond donors (Lipinski definition) is 1. The van der Waals surface area contributed by atoms with Gasteiger partial charge >= 0.3 is 5.97 Å². The van der Waals surface area contributed by atoms with Crippen molar-refractivity contribution in [1.29, 1.82) is 0 Å². The molecule has 0 bridgehead atoms. The van der Waals surface area contributed by atoms with Crippen molar-refractivity contribution >= 4 is 50.0 Å². The van der Waals surface area contributed by atoms with Gasteiger partial charge in [0.1, 0.15) is 5.01 Å². The first-order valence-electron chi connectivity index (χ1n) is 12.1. The smallest absolute Gasteiger partial charge is 0.307 e. The van der Waals surface area contributed by atoms with E-state index >= 15 is 0 Å². The zero-order valence-corrected chi connectivity index (χ0v) is 22.6. The van der Waals surface area contributed by atoms with Gasteiger partial charge in [0.15, 0.2) is 0 Å². The molecule has 6 aromatic rings. The highest BCUT2D eigenvalue weighted by molar-refractivity contribution is 7.22. The monoisotopic (exact) mass is 538 g/mol. The van der Waals surface area contributed by atoms with E-state index in [-0.39, 0.29) is 6.42 Å². The Morgan fingerprint density at radius 2 is 1.76 bits per heavy atom. The van der Waals surface area contributed by atoms with Crippen LogP contribution in [0, 0.1) is 13.8 Å². The number of halogens is 1. The predicted molar refractivity (Wildman–Crippen MR) is 154 cm³/mol. The molecule has 0 fully saturated rings. The quantitative estimate of drug-likeness (QED) is 0.246. The first-order chi connectivity index (χ1) is 18.3. The molecule has 1 N–H and O–H groups in total. The normalized spacial score (nSPS) is 11.5. The topological polar surface area (TPSA) is 80.9 Å². The number of nitrogens with zero attached hydrogens (tertiary/aromatic N) is 4. The van der Waals surface area contributed by atoms with Gasteiger partial charge in [-0.05, 0) is 72.5 Å². The summed E-state index contributed by atoms with van der Waals surface area (Å²) in [5.41, 5.74) is 9.31. The average molecular weight is 539 g/mol. The molecule has 3 aromatic carbocycles. The molecule has 6 nitrogen and oxygen atoms in total. The number of thiazole rings is 1. The van der Waals surface area contributed by atoms with Crippen LogP contribution in [0.2, 0.25) is 5.02 Å². The Hall–Kier alpha value is -4.07. The van der Waals surface area contributed by atoms with Crippen LogP contribution in [0.4, 0.5) is 0 Å². The Morgan fingerprint density at radius 1 is 1.00 bits per heavy atom. The zero-order valence-electron chi connectivity index (χ0n) is 21.0. The van der Waals surface area contributed by atoms with E-state index in [1.807, 2.05) is 68.3 Å². The number of aromatic nitrogens is 4. The molecular weight excluding hydrogens is 516 g/mol. The van der Waals surface area contributed by atoms with E-state index in [9.17, 15) is 9.90 Å². The third-order valence-corrected chi connectivity index (χ3v) is 8.22. The van der Waals surface area contributed by atoms with Crippen LogP contribution in [0.3, 0.4) is 0 Å².